The van der Waals surface area contributed by atoms with Crippen LogP contribution in [0.3, 0.4) is 0 Å². The molecule has 7 unspecified atom stereocenters. The van der Waals surface area contributed by atoms with E-state index >= 15 is 5.21 Å². The number of carbonyl (C=O) groups is 8. The van der Waals surface area contributed by atoms with Gasteiger partial charge in [0.25, 0.3) is 29.1 Å². The first kappa shape index (κ1) is 66.4. The Kier molecular flexibility index (Phi) is 20.4. The Hall–Kier alpha value is -9.51. The number of thiazole rings is 6. The van der Waals surface area contributed by atoms with Crippen LogP contribution in [-0.2, 0) is 30.3 Å². The number of benzene rings is 2. The van der Waals surface area contributed by atoms with Crippen LogP contribution >= 0.6 is 68.0 Å². The second kappa shape index (κ2) is 28.6. The number of rotatable bonds is 13. The number of nitrogens with one attached hydrogen (secondary N) is 3. The third-order valence-electron chi connectivity index (χ3n) is 14.8. The van der Waals surface area contributed by atoms with Crippen molar-refractivity contribution < 1.29 is 68.2 Å². The zero-order valence-electron chi connectivity index (χ0n) is 48.8. The van der Waals surface area contributed by atoms with Crippen molar-refractivity contribution >= 4 is 115 Å². The number of phenols is 1. The highest BCUT2D eigenvalue weighted by molar-refractivity contribution is 7.15. The molecule has 10 bridgehead atoms. The molecule has 0 radical (unpaired) electrons. The Morgan fingerprint density at radius 2 is 1.40 bits per heavy atom. The standard InChI is InChI=1S/C61H54N12O14S6/c1-26-44(20-74)87-61(85)33(16-30-10-12-34(75)13-11-30)18-43(77)37-22-92-59(67-37)48(50(79)31-8-6-5-7-9-31)71-53(82)47-29(4)93-54(72-47)32(19-45(62)78)17-42(76)36-21-88-55(66-36)35-14-15-41(57-69-39(24-90-57)52(81)64-27(2)51(80)65-28(3)60(83)84)73(86)49(35)38-23-89-56(68-38)40-25-91-58(70-40)46(26)63/h5-15,21-26,32-33,44,46,48,50,74-75,79H,2-3,16-20,63H2,1,4H3,(H2,62,78)(H,64,81)(H,65,80)(H,71,82)(H,83,84). The van der Waals surface area contributed by atoms with Crippen molar-refractivity contribution in [2.45, 2.75) is 69.7 Å². The Bertz CT molecular complexity index is 4400. The fraction of sp³-hybridized carbons (Fsp3) is 0.230. The van der Waals surface area contributed by atoms with Crippen LogP contribution in [0.15, 0.2) is 118 Å². The molecule has 32 heteroatoms. The number of ketones is 2. The van der Waals surface area contributed by atoms with E-state index in [9.17, 15) is 53.7 Å². The Morgan fingerprint density at radius 1 is 0.763 bits per heavy atom. The van der Waals surface area contributed by atoms with Crippen molar-refractivity contribution in [1.29, 1.82) is 0 Å². The third-order valence-corrected chi connectivity index (χ3v) is 20.4. The molecule has 8 heterocycles. The SMILES string of the molecule is C=C(NC(=O)C(=C)NC(=O)c1csc(-c2ccc3c([n+]2[O-])-c2csc(n2)-c2csc(n2)C(N)C(C)C(CO)OC(=O)C(Cc2ccc(O)cc2)CC(=O)c2csc(n2)C(C(O)c2ccccc2)NC(=O)c2nc(sc2C)C(CC(N)=O)CC(=O)c2csc-3n2)n1)C(=O)O. The van der Waals surface area contributed by atoms with Crippen LogP contribution in [0.5, 0.6) is 5.75 Å². The Morgan fingerprint density at radius 3 is 2.11 bits per heavy atom. The summed E-state index contributed by atoms with van der Waals surface area (Å²) in [6, 6.07) is 15.1. The Balaban J connectivity index is 1.04. The van der Waals surface area contributed by atoms with Crippen molar-refractivity contribution in [3.05, 3.63) is 177 Å². The summed E-state index contributed by atoms with van der Waals surface area (Å²) in [5.74, 6) is -10.0. The van der Waals surface area contributed by atoms with E-state index in [-0.39, 0.29) is 90.5 Å². The lowest BCUT2D eigenvalue weighted by Gasteiger charge is -2.28. The van der Waals surface area contributed by atoms with Crippen LogP contribution in [0, 0.1) is 24.0 Å². The summed E-state index contributed by atoms with van der Waals surface area (Å²) in [6.45, 7) is 9.30. The molecule has 1 aliphatic heterocycles. The topological polar surface area (TPSA) is 419 Å². The van der Waals surface area contributed by atoms with E-state index in [1.54, 1.807) is 73.1 Å². The van der Waals surface area contributed by atoms with Gasteiger partial charge in [-0.2, -0.15) is 4.73 Å². The highest BCUT2D eigenvalue weighted by atomic mass is 32.1. The number of aliphatic hydroxyl groups is 2. The van der Waals surface area contributed by atoms with Crippen LogP contribution in [-0.4, -0.2) is 110 Å². The van der Waals surface area contributed by atoms with E-state index in [0.29, 0.717) is 36.4 Å². The summed E-state index contributed by atoms with van der Waals surface area (Å²) in [5.41, 5.74) is 12.4. The van der Waals surface area contributed by atoms with Crippen LogP contribution in [0.2, 0.25) is 0 Å². The van der Waals surface area contributed by atoms with Gasteiger partial charge in [0.2, 0.25) is 5.91 Å². The lowest BCUT2D eigenvalue weighted by molar-refractivity contribution is -0.581. The van der Waals surface area contributed by atoms with Crippen LogP contribution in [0.4, 0.5) is 0 Å². The number of hydrogen-bond acceptors (Lipinski definition) is 26. The number of cyclic esters (lactones) is 1. The van der Waals surface area contributed by atoms with E-state index in [1.165, 1.54) is 34.3 Å². The first-order chi connectivity index (χ1) is 44.4. The monoisotopic (exact) mass is 1370 g/mol. The second-order valence-corrected chi connectivity index (χ2v) is 26.8. The fourth-order valence-electron chi connectivity index (χ4n) is 9.70. The molecular weight excluding hydrogens is 1320 g/mol. The number of pyridine rings is 1. The van der Waals surface area contributed by atoms with Gasteiger partial charge in [0.05, 0.1) is 34.8 Å². The first-order valence-corrected chi connectivity index (χ1v) is 33.2. The molecule has 4 amide bonds. The average Bonchev–Trinajstić information content (AvgIpc) is 1.69. The maximum Gasteiger partial charge on any atom is 0.351 e. The summed E-state index contributed by atoms with van der Waals surface area (Å²) < 4.78 is 6.54. The number of aliphatic hydroxyl groups excluding tert-OH is 2. The lowest BCUT2D eigenvalue weighted by Crippen LogP contribution is -2.37. The van der Waals surface area contributed by atoms with E-state index in [0.717, 1.165) is 68.0 Å². The normalized spacial score (nSPS) is 18.4. The molecule has 2 aromatic carbocycles. The van der Waals surface area contributed by atoms with Gasteiger partial charge in [-0.25, -0.2) is 34.7 Å². The number of hydrogen-bond donors (Lipinski definition) is 9. The molecule has 7 atom stereocenters. The number of aromatic nitrogens is 7. The lowest BCUT2D eigenvalue weighted by atomic mass is 9.92. The number of aryl methyl sites for hydroxylation is 1. The molecule has 0 saturated carbocycles. The molecule has 7 aromatic heterocycles. The van der Waals surface area contributed by atoms with Crippen molar-refractivity contribution in [2.75, 3.05) is 6.61 Å². The van der Waals surface area contributed by atoms with Gasteiger partial charge >= 0.3 is 11.9 Å². The zero-order chi connectivity index (χ0) is 66.5. The number of carboxylic acids is 1. The molecule has 478 valence electrons. The molecule has 26 nitrogen and oxygen atoms in total. The van der Waals surface area contributed by atoms with Crippen molar-refractivity contribution in [1.82, 2.24) is 45.9 Å². The van der Waals surface area contributed by atoms with Gasteiger partial charge in [-0.1, -0.05) is 62.5 Å². The molecule has 10 rings (SSSR count). The summed E-state index contributed by atoms with van der Waals surface area (Å²) in [4.78, 5) is 136. The number of esters is 1. The molecule has 0 fully saturated rings. The number of amides is 4. The van der Waals surface area contributed by atoms with Crippen LogP contribution < -0.4 is 32.1 Å². The average molecular weight is 1370 g/mol. The van der Waals surface area contributed by atoms with Crippen LogP contribution in [0.1, 0.15) is 123 Å². The van der Waals surface area contributed by atoms with Gasteiger partial charge in [0.15, 0.2) is 16.6 Å². The van der Waals surface area contributed by atoms with E-state index in [4.69, 9.17) is 36.3 Å². The largest absolute Gasteiger partial charge is 0.618 e. The predicted molar refractivity (Wildman–Crippen MR) is 345 cm³/mol. The number of nitrogens with zero attached hydrogens (tertiary/aromatic N) is 7. The van der Waals surface area contributed by atoms with Gasteiger partial charge in [-0.15, -0.1) is 68.0 Å². The number of phenolic OH excluding ortho intramolecular Hbond substituents is 1. The van der Waals surface area contributed by atoms with E-state index < -0.39 is 114 Å². The Labute approximate surface area is 551 Å². The number of aromatic hydroxyl groups is 1. The molecule has 0 aliphatic carbocycles. The molecule has 0 saturated heterocycles. The smallest absolute Gasteiger partial charge is 0.351 e. The quantitative estimate of drug-likeness (QED) is 0.0240. The summed E-state index contributed by atoms with van der Waals surface area (Å²) in [7, 11) is 0. The molecule has 9 aromatic rings. The van der Waals surface area contributed by atoms with Gasteiger partial charge in [-0.05, 0) is 42.7 Å². The predicted octanol–water partition coefficient (Wildman–Crippen LogP) is 7.12. The maximum atomic E-state index is 15.0. The van der Waals surface area contributed by atoms with Crippen molar-refractivity contribution in [3.63, 3.8) is 0 Å². The molecular formula is C61H54N12O14S6. The van der Waals surface area contributed by atoms with Crippen molar-refractivity contribution in [3.8, 4) is 49.1 Å². The summed E-state index contributed by atoms with van der Waals surface area (Å²) in [5, 5.41) is 72.7. The number of primary amides is 1. The number of carboxylic acid groups (broad SMARTS) is 1. The minimum absolute atomic E-state index is 0.0307. The van der Waals surface area contributed by atoms with Gasteiger partial charge in [0.1, 0.15) is 83.9 Å². The number of carbonyl (C=O) groups excluding carboxylic acids is 7. The summed E-state index contributed by atoms with van der Waals surface area (Å²) in [6.07, 6.45) is -3.91. The fourth-order valence-corrected chi connectivity index (χ4v) is 15.0. The number of aliphatic carboxylic acids is 1. The van der Waals surface area contributed by atoms with Gasteiger partial charge in [-0.3, -0.25) is 33.6 Å². The van der Waals surface area contributed by atoms with E-state index in [1.807, 2.05) is 5.32 Å². The van der Waals surface area contributed by atoms with Crippen LogP contribution in [0.25, 0.3) is 43.4 Å². The third kappa shape index (κ3) is 15.0. The molecule has 0 spiro atoms. The van der Waals surface area contributed by atoms with Gasteiger partial charge < -0.3 is 57.8 Å². The minimum atomic E-state index is -1.51. The highest BCUT2D eigenvalue weighted by Crippen LogP contribution is 2.40. The zero-order valence-corrected chi connectivity index (χ0v) is 53.7. The molecule has 1 aliphatic rings. The molecule has 11 N–H and O–H groups in total. The number of fused-ring (bicyclic) bond motifs is 14. The molecule has 93 heavy (non-hydrogen) atoms. The second-order valence-electron chi connectivity index (χ2n) is 21.2. The highest BCUT2D eigenvalue weighted by Gasteiger charge is 2.37. The summed E-state index contributed by atoms with van der Waals surface area (Å²) >= 11 is 6.19. The maximum absolute atomic E-state index is 15.0. The number of nitrogens with two attached hydrogens (primary N) is 2. The number of ether oxygens (including phenoxy) is 1. The van der Waals surface area contributed by atoms with E-state index in [2.05, 4.69) is 38.7 Å². The van der Waals surface area contributed by atoms with Gasteiger partial charge in [0, 0.05) is 68.9 Å². The first-order valence-electron chi connectivity index (χ1n) is 27.9. The van der Waals surface area contributed by atoms with Crippen molar-refractivity contribution in [2.24, 2.45) is 23.3 Å². The minimum Gasteiger partial charge on any atom is -0.618 e. The number of Topliss-reactive ketones (excluding diaryl/α,β-unsaturated/α-hetero) is 2.